The SMILES string of the molecule is CSCC(NC(=O)CCN1C(=O)CC(SCC(NC(C)=O)C(=O)NCCO)C1=O)C(=O)CCCO. The van der Waals surface area contributed by atoms with Crippen molar-refractivity contribution in [1.82, 2.24) is 20.9 Å². The molecule has 3 unspecified atom stereocenters. The predicted molar refractivity (Wildman–Crippen MR) is 132 cm³/mol. The molecule has 14 heteroatoms. The first-order valence-corrected chi connectivity index (χ1v) is 13.6. The molecule has 0 radical (unpaired) electrons. The van der Waals surface area contributed by atoms with Crippen LogP contribution in [-0.2, 0) is 28.8 Å². The Morgan fingerprint density at radius 2 is 1.77 bits per heavy atom. The minimum Gasteiger partial charge on any atom is -0.396 e. The van der Waals surface area contributed by atoms with Crippen LogP contribution in [0.25, 0.3) is 0 Å². The van der Waals surface area contributed by atoms with Gasteiger partial charge < -0.3 is 26.2 Å². The number of rotatable bonds is 17. The van der Waals surface area contributed by atoms with Gasteiger partial charge in [-0.15, -0.1) is 11.8 Å². The number of carbonyl (C=O) groups is 6. The standard InChI is InChI=1S/C21H34N4O8S2/c1-13(28)23-15(20(32)22-6-9-27)12-35-17-10-19(31)25(21(17)33)7-5-18(30)24-14(11-34-2)16(29)4-3-8-26/h14-15,17,26-27H,3-12H2,1-2H3,(H,22,32)(H,23,28)(H,24,30). The lowest BCUT2D eigenvalue weighted by atomic mass is 10.1. The number of amides is 5. The zero-order valence-electron chi connectivity index (χ0n) is 19.9. The summed E-state index contributed by atoms with van der Waals surface area (Å²) < 4.78 is 0. The summed E-state index contributed by atoms with van der Waals surface area (Å²) in [6, 6.07) is -1.65. The average molecular weight is 535 g/mol. The monoisotopic (exact) mass is 534 g/mol. The van der Waals surface area contributed by atoms with E-state index in [1.807, 2.05) is 0 Å². The van der Waals surface area contributed by atoms with Crippen molar-refractivity contribution in [3.8, 4) is 0 Å². The van der Waals surface area contributed by atoms with Crippen molar-refractivity contribution >= 4 is 58.8 Å². The van der Waals surface area contributed by atoms with Gasteiger partial charge in [-0.1, -0.05) is 0 Å². The van der Waals surface area contributed by atoms with E-state index in [4.69, 9.17) is 10.2 Å². The quantitative estimate of drug-likeness (QED) is 0.131. The molecule has 1 heterocycles. The number of carbonyl (C=O) groups excluding carboxylic acids is 6. The van der Waals surface area contributed by atoms with Crippen molar-refractivity contribution in [2.24, 2.45) is 0 Å². The van der Waals surface area contributed by atoms with E-state index in [1.165, 1.54) is 18.7 Å². The molecule has 0 aromatic carbocycles. The molecule has 5 amide bonds. The first-order chi connectivity index (χ1) is 16.6. The summed E-state index contributed by atoms with van der Waals surface area (Å²) in [7, 11) is 0. The summed E-state index contributed by atoms with van der Waals surface area (Å²) in [6.07, 6.45) is 1.99. The molecule has 0 aliphatic carbocycles. The smallest absolute Gasteiger partial charge is 0.243 e. The Bertz CT molecular complexity index is 782. The van der Waals surface area contributed by atoms with Gasteiger partial charge in [-0.3, -0.25) is 33.7 Å². The molecule has 1 aliphatic heterocycles. The van der Waals surface area contributed by atoms with Gasteiger partial charge in [0.25, 0.3) is 0 Å². The number of likely N-dealkylation sites (tertiary alicyclic amines) is 1. The lowest BCUT2D eigenvalue weighted by molar-refractivity contribution is -0.139. The van der Waals surface area contributed by atoms with Crippen LogP contribution in [0.2, 0.25) is 0 Å². The van der Waals surface area contributed by atoms with Crippen LogP contribution in [0.1, 0.15) is 32.6 Å². The van der Waals surface area contributed by atoms with Gasteiger partial charge in [0.1, 0.15) is 6.04 Å². The fourth-order valence-corrected chi connectivity index (χ4v) is 5.04. The van der Waals surface area contributed by atoms with E-state index in [9.17, 15) is 28.8 Å². The van der Waals surface area contributed by atoms with Crippen LogP contribution < -0.4 is 16.0 Å². The molecular formula is C21H34N4O8S2. The van der Waals surface area contributed by atoms with E-state index < -0.39 is 46.9 Å². The zero-order chi connectivity index (χ0) is 26.4. The number of nitrogens with one attached hydrogen (secondary N) is 3. The summed E-state index contributed by atoms with van der Waals surface area (Å²) in [6.45, 7) is 0.740. The van der Waals surface area contributed by atoms with Gasteiger partial charge in [-0.2, -0.15) is 11.8 Å². The third-order valence-electron chi connectivity index (χ3n) is 4.97. The number of Topliss-reactive ketones (excluding diaryl/α,β-unsaturated/α-hetero) is 1. The van der Waals surface area contributed by atoms with Crippen molar-refractivity contribution < 1.29 is 39.0 Å². The van der Waals surface area contributed by atoms with Crippen molar-refractivity contribution in [3.63, 3.8) is 0 Å². The number of nitrogens with zero attached hydrogens (tertiary/aromatic N) is 1. The lowest BCUT2D eigenvalue weighted by Gasteiger charge is -2.19. The number of aliphatic hydroxyl groups is 2. The van der Waals surface area contributed by atoms with Gasteiger partial charge in [0.2, 0.25) is 29.5 Å². The molecule has 0 saturated carbocycles. The lowest BCUT2D eigenvalue weighted by Crippen LogP contribution is -2.48. The van der Waals surface area contributed by atoms with E-state index in [2.05, 4.69) is 16.0 Å². The van der Waals surface area contributed by atoms with Gasteiger partial charge in [0, 0.05) is 57.4 Å². The maximum absolute atomic E-state index is 12.7. The highest BCUT2D eigenvalue weighted by atomic mass is 32.2. The van der Waals surface area contributed by atoms with Crippen LogP contribution in [0.15, 0.2) is 0 Å². The van der Waals surface area contributed by atoms with Crippen molar-refractivity contribution in [1.29, 1.82) is 0 Å². The highest BCUT2D eigenvalue weighted by Gasteiger charge is 2.39. The van der Waals surface area contributed by atoms with E-state index >= 15 is 0 Å². The molecule has 0 spiro atoms. The molecule has 35 heavy (non-hydrogen) atoms. The molecule has 0 aromatic rings. The van der Waals surface area contributed by atoms with Crippen LogP contribution >= 0.6 is 23.5 Å². The van der Waals surface area contributed by atoms with Gasteiger partial charge in [-0.25, -0.2) is 0 Å². The van der Waals surface area contributed by atoms with Gasteiger partial charge in [0.15, 0.2) is 5.78 Å². The van der Waals surface area contributed by atoms with Crippen LogP contribution in [0.4, 0.5) is 0 Å². The molecular weight excluding hydrogens is 500 g/mol. The molecule has 0 bridgehead atoms. The first kappa shape index (κ1) is 30.9. The van der Waals surface area contributed by atoms with Gasteiger partial charge in [0.05, 0.1) is 17.9 Å². The number of ketones is 1. The van der Waals surface area contributed by atoms with Crippen molar-refractivity contribution in [2.75, 3.05) is 44.1 Å². The zero-order valence-corrected chi connectivity index (χ0v) is 21.5. The van der Waals surface area contributed by atoms with Crippen LogP contribution in [0.3, 0.4) is 0 Å². The predicted octanol–water partition coefficient (Wildman–Crippen LogP) is -1.96. The van der Waals surface area contributed by atoms with Crippen LogP contribution in [-0.4, -0.2) is 112 Å². The van der Waals surface area contributed by atoms with Crippen molar-refractivity contribution in [2.45, 2.75) is 49.9 Å². The molecule has 5 N–H and O–H groups in total. The Morgan fingerprint density at radius 3 is 2.37 bits per heavy atom. The second-order valence-electron chi connectivity index (χ2n) is 7.80. The van der Waals surface area contributed by atoms with Gasteiger partial charge in [-0.05, 0) is 12.7 Å². The fraction of sp³-hybridized carbons (Fsp3) is 0.714. The number of imide groups is 1. The Kier molecular flexibility index (Phi) is 14.6. The number of thioether (sulfide) groups is 2. The average Bonchev–Trinajstić information content (AvgIpc) is 3.08. The van der Waals surface area contributed by atoms with E-state index in [1.54, 1.807) is 6.26 Å². The molecule has 12 nitrogen and oxygen atoms in total. The highest BCUT2D eigenvalue weighted by molar-refractivity contribution is 8.00. The normalized spacial score (nSPS) is 17.1. The minimum absolute atomic E-state index is 0.0150. The summed E-state index contributed by atoms with van der Waals surface area (Å²) in [5.74, 6) is -2.12. The first-order valence-electron chi connectivity index (χ1n) is 11.2. The highest BCUT2D eigenvalue weighted by Crippen LogP contribution is 2.26. The molecule has 3 atom stereocenters. The minimum atomic E-state index is -0.941. The van der Waals surface area contributed by atoms with E-state index in [0.717, 1.165) is 16.7 Å². The third kappa shape index (κ3) is 11.0. The Hall–Kier alpha value is -2.16. The maximum Gasteiger partial charge on any atom is 0.243 e. The number of hydrogen-bond acceptors (Lipinski definition) is 10. The summed E-state index contributed by atoms with van der Waals surface area (Å²) in [5.41, 5.74) is 0. The summed E-state index contributed by atoms with van der Waals surface area (Å²) in [4.78, 5) is 74.2. The van der Waals surface area contributed by atoms with E-state index in [0.29, 0.717) is 12.2 Å². The molecule has 1 saturated heterocycles. The Morgan fingerprint density at radius 1 is 1.06 bits per heavy atom. The van der Waals surface area contributed by atoms with E-state index in [-0.39, 0.29) is 57.1 Å². The third-order valence-corrected chi connectivity index (χ3v) is 6.94. The largest absolute Gasteiger partial charge is 0.396 e. The Balaban J connectivity index is 2.62. The second-order valence-corrected chi connectivity index (χ2v) is 9.94. The number of hydrogen-bond donors (Lipinski definition) is 5. The summed E-state index contributed by atoms with van der Waals surface area (Å²) >= 11 is 2.44. The maximum atomic E-state index is 12.7. The molecule has 1 aliphatic rings. The van der Waals surface area contributed by atoms with Crippen LogP contribution in [0, 0.1) is 0 Å². The van der Waals surface area contributed by atoms with Crippen molar-refractivity contribution in [3.05, 3.63) is 0 Å². The number of aliphatic hydroxyl groups excluding tert-OH is 2. The second kappa shape index (κ2) is 16.5. The van der Waals surface area contributed by atoms with Crippen LogP contribution in [0.5, 0.6) is 0 Å². The molecule has 1 fully saturated rings. The molecule has 198 valence electrons. The van der Waals surface area contributed by atoms with Gasteiger partial charge >= 0.3 is 0 Å². The molecule has 0 aromatic heterocycles. The molecule has 1 rings (SSSR count). The fourth-order valence-electron chi connectivity index (χ4n) is 3.25. The summed E-state index contributed by atoms with van der Waals surface area (Å²) in [5, 5.41) is 24.6. The topological polar surface area (TPSA) is 182 Å². The Labute approximate surface area is 212 Å².